The van der Waals surface area contributed by atoms with E-state index in [0.717, 1.165) is 35.5 Å². The number of nitrogens with one attached hydrogen (secondary N) is 2. The number of nitrogens with zero attached hydrogens (tertiary/aromatic N) is 1. The maximum atomic E-state index is 13.1. The predicted molar refractivity (Wildman–Crippen MR) is 69.9 cm³/mol. The Kier molecular flexibility index (Phi) is 2.58. The number of hydrogen-bond donors (Lipinski definition) is 2. The van der Waals surface area contributed by atoms with Gasteiger partial charge >= 0.3 is 0 Å². The zero-order valence-electron chi connectivity index (χ0n) is 10.3. The van der Waals surface area contributed by atoms with Crippen molar-refractivity contribution < 1.29 is 4.39 Å². The lowest BCUT2D eigenvalue weighted by molar-refractivity contribution is 0.418. The number of anilines is 2. The first-order valence-electron chi connectivity index (χ1n) is 6.17. The van der Waals surface area contributed by atoms with Gasteiger partial charge in [0.1, 0.15) is 5.82 Å². The summed E-state index contributed by atoms with van der Waals surface area (Å²) in [5.41, 5.74) is 3.04. The fourth-order valence-electron chi connectivity index (χ4n) is 2.21. The molecule has 3 nitrogen and oxygen atoms in total. The van der Waals surface area contributed by atoms with Crippen molar-refractivity contribution in [2.24, 2.45) is 0 Å². The van der Waals surface area contributed by atoms with Crippen LogP contribution in [0.15, 0.2) is 30.5 Å². The van der Waals surface area contributed by atoms with Gasteiger partial charge in [0.2, 0.25) is 0 Å². The lowest BCUT2D eigenvalue weighted by Gasteiger charge is -2.15. The Morgan fingerprint density at radius 1 is 1.39 bits per heavy atom. The van der Waals surface area contributed by atoms with E-state index in [0.29, 0.717) is 0 Å². The molecule has 1 saturated carbocycles. The van der Waals surface area contributed by atoms with Gasteiger partial charge in [0.05, 0.1) is 12.9 Å². The van der Waals surface area contributed by atoms with Crippen LogP contribution in [-0.4, -0.2) is 16.9 Å². The third kappa shape index (κ3) is 1.88. The summed E-state index contributed by atoms with van der Waals surface area (Å²) in [6, 6.07) is 8.01. The number of aromatic nitrogens is 2. The zero-order chi connectivity index (χ0) is 12.6. The van der Waals surface area contributed by atoms with Crippen LogP contribution in [0.3, 0.4) is 0 Å². The average Bonchev–Trinajstić information content (AvgIpc) is 3.02. The number of hydrogen-bond acceptors (Lipinski definition) is 2. The summed E-state index contributed by atoms with van der Waals surface area (Å²) in [5, 5.41) is 10.0. The van der Waals surface area contributed by atoms with E-state index in [-0.39, 0.29) is 12.1 Å². The molecule has 0 spiro atoms. The predicted octanol–water partition coefficient (Wildman–Crippen LogP) is 3.46. The molecule has 0 saturated heterocycles. The van der Waals surface area contributed by atoms with Crippen LogP contribution in [0.2, 0.25) is 0 Å². The molecule has 0 aliphatic heterocycles. The summed E-state index contributed by atoms with van der Waals surface area (Å²) < 4.78 is 13.1. The number of rotatable bonds is 4. The van der Waals surface area contributed by atoms with Crippen LogP contribution in [0.4, 0.5) is 15.9 Å². The summed E-state index contributed by atoms with van der Waals surface area (Å²) in [4.78, 5) is 0. The first-order chi connectivity index (χ1) is 8.73. The molecule has 0 amide bonds. The largest absolute Gasteiger partial charge is 0.340 e. The smallest absolute Gasteiger partial charge is 0.125 e. The highest BCUT2D eigenvalue weighted by Crippen LogP contribution is 2.49. The van der Waals surface area contributed by atoms with E-state index >= 15 is 0 Å². The maximum Gasteiger partial charge on any atom is 0.125 e. The SMILES string of the molecule is Cc1ccc(C2(CF)CC2)cc1Nc1ccn[nH]1. The van der Waals surface area contributed by atoms with Gasteiger partial charge in [-0.25, -0.2) is 0 Å². The quantitative estimate of drug-likeness (QED) is 0.866. The van der Waals surface area contributed by atoms with Gasteiger partial charge in [-0.1, -0.05) is 12.1 Å². The first kappa shape index (κ1) is 11.3. The van der Waals surface area contributed by atoms with Crippen LogP contribution in [0, 0.1) is 6.92 Å². The number of halogens is 1. The Morgan fingerprint density at radius 2 is 2.22 bits per heavy atom. The minimum Gasteiger partial charge on any atom is -0.340 e. The second-order valence-corrected chi connectivity index (χ2v) is 5.04. The van der Waals surface area contributed by atoms with Crippen LogP contribution in [0.1, 0.15) is 24.0 Å². The molecule has 0 bridgehead atoms. The number of benzene rings is 1. The van der Waals surface area contributed by atoms with Crippen molar-refractivity contribution in [3.05, 3.63) is 41.6 Å². The second-order valence-electron chi connectivity index (χ2n) is 5.04. The molecule has 4 heteroatoms. The normalized spacial score (nSPS) is 16.6. The average molecular weight is 245 g/mol. The Bertz CT molecular complexity index is 544. The van der Waals surface area contributed by atoms with Crippen molar-refractivity contribution >= 4 is 11.5 Å². The molecule has 0 unspecified atom stereocenters. The van der Waals surface area contributed by atoms with E-state index in [2.05, 4.69) is 21.6 Å². The summed E-state index contributed by atoms with van der Waals surface area (Å²) in [6.45, 7) is 1.77. The highest BCUT2D eigenvalue weighted by molar-refractivity contribution is 5.62. The van der Waals surface area contributed by atoms with Crippen molar-refractivity contribution in [1.82, 2.24) is 10.2 Å². The number of aromatic amines is 1. The summed E-state index contributed by atoms with van der Waals surface area (Å²) in [5.74, 6) is 0.848. The Balaban J connectivity index is 1.91. The van der Waals surface area contributed by atoms with Gasteiger partial charge in [0.15, 0.2) is 0 Å². The zero-order valence-corrected chi connectivity index (χ0v) is 10.3. The van der Waals surface area contributed by atoms with Gasteiger partial charge in [0, 0.05) is 17.2 Å². The molecule has 3 rings (SSSR count). The van der Waals surface area contributed by atoms with E-state index in [1.54, 1.807) is 6.20 Å². The second kappa shape index (κ2) is 4.12. The molecule has 0 atom stereocenters. The monoisotopic (exact) mass is 245 g/mol. The van der Waals surface area contributed by atoms with Gasteiger partial charge in [0.25, 0.3) is 0 Å². The molecule has 1 aliphatic rings. The maximum absolute atomic E-state index is 13.1. The molecule has 1 fully saturated rings. The topological polar surface area (TPSA) is 40.7 Å². The number of alkyl halides is 1. The fourth-order valence-corrected chi connectivity index (χ4v) is 2.21. The van der Waals surface area contributed by atoms with Gasteiger partial charge in [-0.3, -0.25) is 9.49 Å². The number of H-pyrrole nitrogens is 1. The minimum absolute atomic E-state index is 0.210. The molecule has 94 valence electrons. The van der Waals surface area contributed by atoms with Crippen LogP contribution in [0.25, 0.3) is 0 Å². The van der Waals surface area contributed by atoms with Crippen molar-refractivity contribution in [3.63, 3.8) is 0 Å². The van der Waals surface area contributed by atoms with Crippen LogP contribution >= 0.6 is 0 Å². The molecule has 1 heterocycles. The minimum atomic E-state index is -0.264. The Labute approximate surface area is 105 Å². The number of aryl methyl sites for hydroxylation is 1. The van der Waals surface area contributed by atoms with E-state index < -0.39 is 0 Å². The van der Waals surface area contributed by atoms with Gasteiger partial charge < -0.3 is 5.32 Å². The molecule has 1 aromatic heterocycles. The van der Waals surface area contributed by atoms with Crippen molar-refractivity contribution in [2.45, 2.75) is 25.2 Å². The standard InChI is InChI=1S/C14H16FN3/c1-10-2-3-11(14(9-15)5-6-14)8-12(10)17-13-4-7-16-18-13/h2-4,7-8H,5-6,9H2,1H3,(H2,16,17,18). The highest BCUT2D eigenvalue weighted by atomic mass is 19.1. The first-order valence-corrected chi connectivity index (χ1v) is 6.17. The molecule has 18 heavy (non-hydrogen) atoms. The Hall–Kier alpha value is -1.84. The summed E-state index contributed by atoms with van der Waals surface area (Å²) >= 11 is 0. The molecule has 0 radical (unpaired) electrons. The highest BCUT2D eigenvalue weighted by Gasteiger charge is 2.44. The molecular formula is C14H16FN3. The van der Waals surface area contributed by atoms with E-state index in [1.807, 2.05) is 25.1 Å². The van der Waals surface area contributed by atoms with Crippen LogP contribution in [0.5, 0.6) is 0 Å². The molecule has 1 aromatic carbocycles. The third-order valence-corrected chi connectivity index (χ3v) is 3.73. The van der Waals surface area contributed by atoms with Gasteiger partial charge in [-0.2, -0.15) is 5.10 Å². The Morgan fingerprint density at radius 3 is 2.83 bits per heavy atom. The van der Waals surface area contributed by atoms with Crippen LogP contribution in [-0.2, 0) is 5.41 Å². The fraction of sp³-hybridized carbons (Fsp3) is 0.357. The molecule has 2 N–H and O–H groups in total. The van der Waals surface area contributed by atoms with Crippen LogP contribution < -0.4 is 5.32 Å². The third-order valence-electron chi connectivity index (χ3n) is 3.73. The van der Waals surface area contributed by atoms with Gasteiger partial charge in [-0.05, 0) is 37.0 Å². The summed E-state index contributed by atoms with van der Waals surface area (Å²) in [7, 11) is 0. The summed E-state index contributed by atoms with van der Waals surface area (Å²) in [6.07, 6.45) is 3.61. The van der Waals surface area contributed by atoms with Gasteiger partial charge in [-0.15, -0.1) is 0 Å². The van der Waals surface area contributed by atoms with Crippen molar-refractivity contribution in [2.75, 3.05) is 12.0 Å². The lowest BCUT2D eigenvalue weighted by Crippen LogP contribution is -2.09. The molecular weight excluding hydrogens is 229 g/mol. The van der Waals surface area contributed by atoms with E-state index in [9.17, 15) is 4.39 Å². The molecule has 1 aliphatic carbocycles. The van der Waals surface area contributed by atoms with E-state index in [4.69, 9.17) is 0 Å². The van der Waals surface area contributed by atoms with Crippen molar-refractivity contribution in [3.8, 4) is 0 Å². The van der Waals surface area contributed by atoms with Crippen molar-refractivity contribution in [1.29, 1.82) is 0 Å². The molecule has 2 aromatic rings. The van der Waals surface area contributed by atoms with E-state index in [1.165, 1.54) is 0 Å². The lowest BCUT2D eigenvalue weighted by atomic mass is 9.95.